The highest BCUT2D eigenvalue weighted by Gasteiger charge is 2.39. The van der Waals surface area contributed by atoms with Crippen LogP contribution < -0.4 is 22.3 Å². The third kappa shape index (κ3) is 4.14. The van der Waals surface area contributed by atoms with Gasteiger partial charge >= 0.3 is 0 Å². The molecule has 2 rings (SSSR count). The molecule has 2 amide bonds. The number of thiocarbonyl (C=S) groups is 2. The van der Waals surface area contributed by atoms with Crippen LogP contribution in [0.15, 0.2) is 34.5 Å². The van der Waals surface area contributed by atoms with Crippen LogP contribution >= 0.6 is 24.4 Å². The lowest BCUT2D eigenvalue weighted by atomic mass is 10.1. The summed E-state index contributed by atoms with van der Waals surface area (Å²) in [4.78, 5) is 26.2. The molecule has 0 bridgehead atoms. The molecule has 1 heterocycles. The number of carbonyl (C=O) groups excluding carboxylic acids is 2. The van der Waals surface area contributed by atoms with Crippen molar-refractivity contribution in [2.75, 3.05) is 0 Å². The van der Waals surface area contributed by atoms with Gasteiger partial charge in [0.25, 0.3) is 11.8 Å². The molecule has 0 radical (unpaired) electrons. The molecule has 0 aliphatic carbocycles. The van der Waals surface area contributed by atoms with E-state index in [1.165, 1.54) is 6.21 Å². The summed E-state index contributed by atoms with van der Waals surface area (Å²) in [5, 5.41) is 7.64. The fourth-order valence-corrected chi connectivity index (χ4v) is 2.30. The molecule has 9 nitrogen and oxygen atoms in total. The molecule has 0 spiro atoms. The summed E-state index contributed by atoms with van der Waals surface area (Å²) in [6.07, 6.45) is 1.26. The second-order valence-electron chi connectivity index (χ2n) is 4.95. The SMILES string of the molecule is C[C@@H](C(/C=N\NC(N)=S)=N\NC(N)=S)N1C(=O)c2ccccc2C1=O. The first kappa shape index (κ1) is 18.4. The van der Waals surface area contributed by atoms with Gasteiger partial charge in [-0.05, 0) is 43.5 Å². The average Bonchev–Trinajstić information content (AvgIpc) is 2.81. The summed E-state index contributed by atoms with van der Waals surface area (Å²) >= 11 is 9.35. The highest BCUT2D eigenvalue weighted by Crippen LogP contribution is 2.24. The van der Waals surface area contributed by atoms with E-state index in [1.807, 2.05) is 0 Å². The summed E-state index contributed by atoms with van der Waals surface area (Å²) in [5.41, 5.74) is 16.3. The lowest BCUT2D eigenvalue weighted by Crippen LogP contribution is -2.44. The standard InChI is InChI=1S/C14H15N7O2S2/c1-7(10(18-20-14(16)25)6-17-19-13(15)24)21-11(22)8-4-2-3-5-9(8)12(21)23/h2-7H,1H3,(H3,15,19,24)(H3,16,20,25)/b17-6-,18-10-/t7-/m0/s1. The number of carbonyl (C=O) groups is 2. The van der Waals surface area contributed by atoms with E-state index >= 15 is 0 Å². The zero-order valence-electron chi connectivity index (χ0n) is 13.1. The van der Waals surface area contributed by atoms with E-state index < -0.39 is 17.9 Å². The number of amides is 2. The van der Waals surface area contributed by atoms with Crippen LogP contribution in [0.5, 0.6) is 0 Å². The van der Waals surface area contributed by atoms with Crippen LogP contribution in [-0.4, -0.2) is 44.9 Å². The van der Waals surface area contributed by atoms with Crippen molar-refractivity contribution in [3.8, 4) is 0 Å². The van der Waals surface area contributed by atoms with Crippen molar-refractivity contribution in [3.63, 3.8) is 0 Å². The molecular formula is C14H15N7O2S2. The van der Waals surface area contributed by atoms with Gasteiger partial charge in [0, 0.05) is 0 Å². The van der Waals surface area contributed by atoms with Crippen LogP contribution in [-0.2, 0) is 0 Å². The topological polar surface area (TPSA) is 138 Å². The summed E-state index contributed by atoms with van der Waals surface area (Å²) in [5.74, 6) is -0.848. The number of nitrogens with one attached hydrogen (secondary N) is 2. The van der Waals surface area contributed by atoms with E-state index in [-0.39, 0.29) is 15.9 Å². The second kappa shape index (κ2) is 7.77. The van der Waals surface area contributed by atoms with Gasteiger partial charge in [-0.25, -0.2) is 0 Å². The largest absolute Gasteiger partial charge is 0.375 e. The summed E-state index contributed by atoms with van der Waals surface area (Å²) in [7, 11) is 0. The van der Waals surface area contributed by atoms with Gasteiger partial charge in [0.05, 0.1) is 23.4 Å². The monoisotopic (exact) mass is 377 g/mol. The van der Waals surface area contributed by atoms with Gasteiger partial charge in [-0.3, -0.25) is 25.3 Å². The zero-order chi connectivity index (χ0) is 18.6. The molecule has 1 aromatic carbocycles. The number of imide groups is 1. The second-order valence-corrected chi connectivity index (χ2v) is 5.83. The van der Waals surface area contributed by atoms with Crippen molar-refractivity contribution in [1.82, 2.24) is 15.8 Å². The fourth-order valence-electron chi connectivity index (χ4n) is 2.20. The minimum Gasteiger partial charge on any atom is -0.375 e. The average molecular weight is 377 g/mol. The van der Waals surface area contributed by atoms with E-state index in [2.05, 4.69) is 33.3 Å². The molecule has 1 aliphatic rings. The van der Waals surface area contributed by atoms with E-state index in [9.17, 15) is 9.59 Å². The van der Waals surface area contributed by atoms with Crippen LogP contribution in [0.2, 0.25) is 0 Å². The number of nitrogens with two attached hydrogens (primary N) is 2. The van der Waals surface area contributed by atoms with Crippen LogP contribution in [0, 0.1) is 0 Å². The number of hydrogen-bond acceptors (Lipinski definition) is 6. The van der Waals surface area contributed by atoms with Crippen molar-refractivity contribution in [2.45, 2.75) is 13.0 Å². The molecule has 25 heavy (non-hydrogen) atoms. The van der Waals surface area contributed by atoms with E-state index in [1.54, 1.807) is 31.2 Å². The van der Waals surface area contributed by atoms with Crippen molar-refractivity contribution >= 4 is 58.4 Å². The van der Waals surface area contributed by atoms with Crippen LogP contribution in [0.4, 0.5) is 0 Å². The maximum atomic E-state index is 12.6. The van der Waals surface area contributed by atoms with Crippen molar-refractivity contribution in [2.24, 2.45) is 21.7 Å². The Kier molecular flexibility index (Phi) is 5.72. The third-order valence-corrected chi connectivity index (χ3v) is 3.49. The van der Waals surface area contributed by atoms with Crippen molar-refractivity contribution in [1.29, 1.82) is 0 Å². The van der Waals surface area contributed by atoms with Crippen LogP contribution in [0.1, 0.15) is 27.6 Å². The Labute approximate surface area is 154 Å². The molecule has 0 saturated carbocycles. The van der Waals surface area contributed by atoms with Gasteiger partial charge in [-0.2, -0.15) is 10.2 Å². The van der Waals surface area contributed by atoms with Gasteiger partial charge in [0.1, 0.15) is 5.71 Å². The predicted molar refractivity (Wildman–Crippen MR) is 102 cm³/mol. The van der Waals surface area contributed by atoms with E-state index in [4.69, 9.17) is 23.7 Å². The molecule has 130 valence electrons. The summed E-state index contributed by atoms with van der Waals surface area (Å²) in [6.45, 7) is 1.62. The quantitative estimate of drug-likeness (QED) is 0.237. The maximum absolute atomic E-state index is 12.6. The van der Waals surface area contributed by atoms with Gasteiger partial charge in [0.2, 0.25) is 0 Å². The minimum absolute atomic E-state index is 0.0497. The normalized spacial score (nSPS) is 15.2. The lowest BCUT2D eigenvalue weighted by Gasteiger charge is -2.22. The zero-order valence-corrected chi connectivity index (χ0v) is 14.7. The number of hydrazone groups is 2. The van der Waals surface area contributed by atoms with Gasteiger partial charge < -0.3 is 11.5 Å². The highest BCUT2D eigenvalue weighted by atomic mass is 32.1. The first-order valence-electron chi connectivity index (χ1n) is 7.01. The molecule has 0 aromatic heterocycles. The molecule has 11 heteroatoms. The smallest absolute Gasteiger partial charge is 0.262 e. The van der Waals surface area contributed by atoms with Gasteiger partial charge in [-0.1, -0.05) is 12.1 Å². The Hall–Kier alpha value is -2.92. The molecule has 1 aliphatic heterocycles. The van der Waals surface area contributed by atoms with Crippen molar-refractivity contribution in [3.05, 3.63) is 35.4 Å². The van der Waals surface area contributed by atoms with E-state index in [0.717, 1.165) is 4.90 Å². The Morgan fingerprint density at radius 1 is 1.12 bits per heavy atom. The first-order chi connectivity index (χ1) is 11.8. The van der Waals surface area contributed by atoms with Crippen LogP contribution in [0.3, 0.4) is 0 Å². The molecule has 0 unspecified atom stereocenters. The Morgan fingerprint density at radius 2 is 1.64 bits per heavy atom. The predicted octanol–water partition coefficient (Wildman–Crippen LogP) is -0.321. The lowest BCUT2D eigenvalue weighted by molar-refractivity contribution is 0.0636. The molecule has 0 saturated heterocycles. The first-order valence-corrected chi connectivity index (χ1v) is 7.83. The number of benzene rings is 1. The number of hydrogen-bond donors (Lipinski definition) is 4. The Bertz CT molecular complexity index is 771. The molecule has 1 atom stereocenters. The molecule has 1 aromatic rings. The fraction of sp³-hybridized carbons (Fsp3) is 0.143. The number of nitrogens with zero attached hydrogens (tertiary/aromatic N) is 3. The minimum atomic E-state index is -0.744. The van der Waals surface area contributed by atoms with Crippen LogP contribution in [0.25, 0.3) is 0 Å². The Morgan fingerprint density at radius 3 is 2.12 bits per heavy atom. The molecule has 6 N–H and O–H groups in total. The number of fused-ring (bicyclic) bond motifs is 1. The van der Waals surface area contributed by atoms with Gasteiger partial charge in [-0.15, -0.1) is 0 Å². The molecule has 0 fully saturated rings. The summed E-state index contributed by atoms with van der Waals surface area (Å²) < 4.78 is 0. The number of rotatable bonds is 5. The molecular weight excluding hydrogens is 362 g/mol. The Balaban J connectivity index is 2.31. The summed E-state index contributed by atoms with van der Waals surface area (Å²) in [6, 6.07) is 5.82. The maximum Gasteiger partial charge on any atom is 0.262 e. The van der Waals surface area contributed by atoms with E-state index in [0.29, 0.717) is 11.1 Å². The third-order valence-electron chi connectivity index (χ3n) is 3.31. The van der Waals surface area contributed by atoms with Gasteiger partial charge in [0.15, 0.2) is 10.2 Å². The highest BCUT2D eigenvalue weighted by molar-refractivity contribution is 7.80. The van der Waals surface area contributed by atoms with Crippen molar-refractivity contribution < 1.29 is 9.59 Å².